The number of aromatic amines is 1. The zero-order valence-electron chi connectivity index (χ0n) is 27.0. The highest BCUT2D eigenvalue weighted by Gasteiger charge is 2.31. The number of aromatic nitrogens is 2. The molecule has 0 saturated carbocycles. The number of H-pyrrole nitrogens is 1. The largest absolute Gasteiger partial charge is 0.416 e. The molecule has 3 heterocycles. The van der Waals surface area contributed by atoms with Crippen LogP contribution in [0.1, 0.15) is 58.5 Å². The maximum atomic E-state index is 13.4. The van der Waals surface area contributed by atoms with E-state index in [1.165, 1.54) is 45.5 Å². The van der Waals surface area contributed by atoms with Crippen molar-refractivity contribution < 1.29 is 18.0 Å². The molecule has 10 heteroatoms. The van der Waals surface area contributed by atoms with Gasteiger partial charge in [-0.3, -0.25) is 9.69 Å². The van der Waals surface area contributed by atoms with E-state index >= 15 is 0 Å². The Morgan fingerprint density at radius 2 is 1.66 bits per heavy atom. The van der Waals surface area contributed by atoms with Crippen molar-refractivity contribution in [2.75, 3.05) is 37.6 Å². The predicted molar refractivity (Wildman–Crippen MR) is 183 cm³/mol. The monoisotopic (exact) mass is 659 g/mol. The highest BCUT2D eigenvalue weighted by molar-refractivity contribution is 7.09. The van der Waals surface area contributed by atoms with Gasteiger partial charge in [-0.1, -0.05) is 69.3 Å². The standard InChI is InChI=1S/C37H40F3N5OS/c1-36(2,3)28-13-11-26(12-14-28)23-43(16-15-27-22-41-32-10-5-4-9-31(27)32)24-34-42-33(25-47-34)35(46)45-19-17-44(18-20-45)30-8-6-7-29(21-30)37(38,39)40/h4-14,21-22,25,41H,15-20,23-24H2,1-3H3. The number of benzene rings is 3. The van der Waals surface area contributed by atoms with Gasteiger partial charge in [-0.25, -0.2) is 4.98 Å². The molecule has 0 aliphatic carbocycles. The van der Waals surface area contributed by atoms with Gasteiger partial charge in [0.25, 0.3) is 5.91 Å². The summed E-state index contributed by atoms with van der Waals surface area (Å²) >= 11 is 1.49. The van der Waals surface area contributed by atoms with Crippen LogP contribution in [0.4, 0.5) is 18.9 Å². The van der Waals surface area contributed by atoms with Gasteiger partial charge in [0.15, 0.2) is 0 Å². The summed E-state index contributed by atoms with van der Waals surface area (Å²) in [7, 11) is 0. The lowest BCUT2D eigenvalue weighted by Gasteiger charge is -2.36. The molecule has 6 rings (SSSR count). The van der Waals surface area contributed by atoms with Crippen LogP contribution in [0.15, 0.2) is 84.4 Å². The number of rotatable bonds is 9. The molecule has 0 atom stereocenters. The number of alkyl halides is 3. The molecule has 246 valence electrons. The molecule has 5 aromatic rings. The minimum absolute atomic E-state index is 0.0855. The first-order valence-electron chi connectivity index (χ1n) is 16.0. The van der Waals surface area contributed by atoms with Gasteiger partial charge in [-0.05, 0) is 52.8 Å². The van der Waals surface area contributed by atoms with Crippen molar-refractivity contribution in [3.05, 3.63) is 117 Å². The zero-order valence-corrected chi connectivity index (χ0v) is 27.8. The van der Waals surface area contributed by atoms with Gasteiger partial charge in [0.1, 0.15) is 10.7 Å². The van der Waals surface area contributed by atoms with Crippen molar-refractivity contribution in [1.29, 1.82) is 0 Å². The Kier molecular flexibility index (Phi) is 9.43. The van der Waals surface area contributed by atoms with E-state index in [1.54, 1.807) is 11.0 Å². The second-order valence-corrected chi connectivity index (χ2v) is 14.2. The number of nitrogens with zero attached hydrogens (tertiary/aromatic N) is 4. The number of carbonyl (C=O) groups is 1. The minimum Gasteiger partial charge on any atom is -0.368 e. The third-order valence-corrected chi connectivity index (χ3v) is 9.67. The van der Waals surface area contributed by atoms with Crippen molar-refractivity contribution in [2.24, 2.45) is 0 Å². The van der Waals surface area contributed by atoms with E-state index in [-0.39, 0.29) is 11.3 Å². The van der Waals surface area contributed by atoms with E-state index in [0.717, 1.165) is 36.1 Å². The highest BCUT2D eigenvalue weighted by atomic mass is 32.1. The summed E-state index contributed by atoms with van der Waals surface area (Å²) in [6, 6.07) is 22.5. The summed E-state index contributed by atoms with van der Waals surface area (Å²) in [5.41, 5.74) is 5.28. The molecular weight excluding hydrogens is 620 g/mol. The molecule has 1 amide bonds. The molecule has 6 nitrogen and oxygen atoms in total. The SMILES string of the molecule is CC(C)(C)c1ccc(CN(CCc2c[nH]c3ccccc23)Cc2nc(C(=O)N3CCN(c4cccc(C(F)(F)F)c4)CC3)cs2)cc1. The minimum atomic E-state index is -4.39. The van der Waals surface area contributed by atoms with Gasteiger partial charge >= 0.3 is 6.18 Å². The van der Waals surface area contributed by atoms with E-state index < -0.39 is 11.7 Å². The number of nitrogens with one attached hydrogen (secondary N) is 1. The molecule has 0 unspecified atom stereocenters. The maximum absolute atomic E-state index is 13.4. The van der Waals surface area contributed by atoms with Crippen molar-refractivity contribution in [3.8, 4) is 0 Å². The lowest BCUT2D eigenvalue weighted by atomic mass is 9.87. The number of para-hydroxylation sites is 1. The fourth-order valence-corrected chi connectivity index (χ4v) is 6.89. The summed E-state index contributed by atoms with van der Waals surface area (Å²) in [6.07, 6.45) is -1.43. The number of carbonyl (C=O) groups excluding carboxylic acids is 1. The van der Waals surface area contributed by atoms with Crippen molar-refractivity contribution in [2.45, 2.75) is 51.9 Å². The number of amides is 1. The third kappa shape index (κ3) is 7.88. The number of hydrogen-bond donors (Lipinski definition) is 1. The summed E-state index contributed by atoms with van der Waals surface area (Å²) in [4.78, 5) is 27.6. The lowest BCUT2D eigenvalue weighted by Crippen LogP contribution is -2.49. The Labute approximate surface area is 277 Å². The van der Waals surface area contributed by atoms with Crippen LogP contribution in [0.3, 0.4) is 0 Å². The number of thiazole rings is 1. The van der Waals surface area contributed by atoms with Crippen LogP contribution in [-0.2, 0) is 31.1 Å². The predicted octanol–water partition coefficient (Wildman–Crippen LogP) is 8.15. The Balaban J connectivity index is 1.11. The van der Waals surface area contributed by atoms with E-state index in [2.05, 4.69) is 79.3 Å². The van der Waals surface area contributed by atoms with Gasteiger partial charge in [0.05, 0.1) is 12.1 Å². The molecule has 1 N–H and O–H groups in total. The van der Waals surface area contributed by atoms with E-state index in [9.17, 15) is 18.0 Å². The van der Waals surface area contributed by atoms with E-state index in [1.807, 2.05) is 16.3 Å². The van der Waals surface area contributed by atoms with Crippen molar-refractivity contribution in [3.63, 3.8) is 0 Å². The smallest absolute Gasteiger partial charge is 0.368 e. The number of piperazine rings is 1. The second-order valence-electron chi connectivity index (χ2n) is 13.2. The maximum Gasteiger partial charge on any atom is 0.416 e. The fraction of sp³-hybridized carbons (Fsp3) is 0.351. The van der Waals surface area contributed by atoms with Crippen LogP contribution >= 0.6 is 11.3 Å². The van der Waals surface area contributed by atoms with E-state index in [4.69, 9.17) is 4.98 Å². The second kappa shape index (κ2) is 13.5. The quantitative estimate of drug-likeness (QED) is 0.174. The molecule has 1 fully saturated rings. The normalized spacial score (nSPS) is 14.4. The molecule has 1 aliphatic heterocycles. The van der Waals surface area contributed by atoms with Crippen LogP contribution < -0.4 is 4.90 Å². The fourth-order valence-electron chi connectivity index (χ4n) is 6.08. The van der Waals surface area contributed by atoms with Crippen LogP contribution in [-0.4, -0.2) is 58.4 Å². The molecule has 1 aliphatic rings. The number of anilines is 1. The first-order valence-corrected chi connectivity index (χ1v) is 16.8. The Bertz CT molecular complexity index is 1810. The van der Waals surface area contributed by atoms with Crippen molar-refractivity contribution >= 4 is 33.8 Å². The Morgan fingerprint density at radius 3 is 2.38 bits per heavy atom. The van der Waals surface area contributed by atoms with Crippen LogP contribution in [0.2, 0.25) is 0 Å². The molecule has 0 spiro atoms. The number of fused-ring (bicyclic) bond motifs is 1. The summed E-state index contributed by atoms with van der Waals surface area (Å²) < 4.78 is 39.6. The molecule has 1 saturated heterocycles. The number of hydrogen-bond acceptors (Lipinski definition) is 5. The molecule has 47 heavy (non-hydrogen) atoms. The third-order valence-electron chi connectivity index (χ3n) is 8.83. The van der Waals surface area contributed by atoms with Gasteiger partial charge in [0, 0.05) is 67.4 Å². The average molecular weight is 660 g/mol. The number of halogens is 3. The van der Waals surface area contributed by atoms with Crippen molar-refractivity contribution in [1.82, 2.24) is 19.8 Å². The van der Waals surface area contributed by atoms with Crippen LogP contribution in [0, 0.1) is 0 Å². The summed E-state index contributed by atoms with van der Waals surface area (Å²) in [5, 5.41) is 3.94. The first kappa shape index (κ1) is 32.8. The van der Waals surface area contributed by atoms with Gasteiger partial charge in [-0.2, -0.15) is 13.2 Å². The Morgan fingerprint density at radius 1 is 0.915 bits per heavy atom. The zero-order chi connectivity index (χ0) is 33.2. The molecule has 3 aromatic carbocycles. The first-order chi connectivity index (χ1) is 22.4. The molecular formula is C37H40F3N5OS. The highest BCUT2D eigenvalue weighted by Crippen LogP contribution is 2.32. The molecule has 0 radical (unpaired) electrons. The van der Waals surface area contributed by atoms with Gasteiger partial charge in [-0.15, -0.1) is 11.3 Å². The van der Waals surface area contributed by atoms with E-state index in [0.29, 0.717) is 44.1 Å². The van der Waals surface area contributed by atoms with Gasteiger partial charge in [0.2, 0.25) is 0 Å². The summed E-state index contributed by atoms with van der Waals surface area (Å²) in [5.74, 6) is -0.140. The average Bonchev–Trinajstić information content (AvgIpc) is 3.70. The summed E-state index contributed by atoms with van der Waals surface area (Å²) in [6.45, 7) is 10.6. The van der Waals surface area contributed by atoms with Crippen LogP contribution in [0.25, 0.3) is 10.9 Å². The molecule has 2 aromatic heterocycles. The molecule has 0 bridgehead atoms. The Hall–Kier alpha value is -4.15. The van der Waals surface area contributed by atoms with Crippen LogP contribution in [0.5, 0.6) is 0 Å². The topological polar surface area (TPSA) is 55.5 Å². The van der Waals surface area contributed by atoms with Gasteiger partial charge < -0.3 is 14.8 Å². The lowest BCUT2D eigenvalue weighted by molar-refractivity contribution is -0.137.